The molecule has 5 nitrogen and oxygen atoms in total. The van der Waals surface area contributed by atoms with Crippen molar-refractivity contribution in [1.82, 2.24) is 9.55 Å². The first-order valence-electron chi connectivity index (χ1n) is 12.9. The van der Waals surface area contributed by atoms with Gasteiger partial charge < -0.3 is 14.2 Å². The summed E-state index contributed by atoms with van der Waals surface area (Å²) in [7, 11) is 0. The number of rotatable bonds is 8. The maximum absolute atomic E-state index is 12.9. The molecule has 0 N–H and O–H groups in total. The van der Waals surface area contributed by atoms with Crippen LogP contribution in [0.3, 0.4) is 0 Å². The molecular weight excluding hydrogens is 446 g/mol. The fourth-order valence-corrected chi connectivity index (χ4v) is 4.99. The van der Waals surface area contributed by atoms with Gasteiger partial charge >= 0.3 is 0 Å². The van der Waals surface area contributed by atoms with E-state index in [-0.39, 0.29) is 17.2 Å². The van der Waals surface area contributed by atoms with Crippen molar-refractivity contribution in [3.63, 3.8) is 0 Å². The lowest BCUT2D eigenvalue weighted by Crippen LogP contribution is -2.24. The van der Waals surface area contributed by atoms with E-state index in [9.17, 15) is 4.79 Å². The molecule has 0 spiro atoms. The summed E-state index contributed by atoms with van der Waals surface area (Å²) < 4.78 is 8.33. The minimum Gasteiger partial charge on any atom is -0.494 e. The van der Waals surface area contributed by atoms with Crippen LogP contribution in [0.25, 0.3) is 11.0 Å². The molecule has 1 amide bonds. The largest absolute Gasteiger partial charge is 0.494 e. The number of fused-ring (bicyclic) bond motifs is 1. The second-order valence-corrected chi connectivity index (χ2v) is 10.7. The van der Waals surface area contributed by atoms with E-state index in [1.165, 1.54) is 5.56 Å². The molecule has 0 radical (unpaired) electrons. The number of aromatic nitrogens is 2. The Morgan fingerprint density at radius 1 is 0.917 bits per heavy atom. The number of amides is 1. The van der Waals surface area contributed by atoms with E-state index >= 15 is 0 Å². The molecule has 5 heteroatoms. The Balaban J connectivity index is 1.24. The number of nitrogens with zero attached hydrogens (tertiary/aromatic N) is 3. The maximum Gasteiger partial charge on any atom is 0.227 e. The summed E-state index contributed by atoms with van der Waals surface area (Å²) in [4.78, 5) is 19.7. The Hall–Kier alpha value is -3.60. The van der Waals surface area contributed by atoms with Gasteiger partial charge in [0.05, 0.1) is 17.6 Å². The van der Waals surface area contributed by atoms with Crippen LogP contribution in [0.5, 0.6) is 5.75 Å². The molecule has 1 saturated heterocycles. The first-order valence-corrected chi connectivity index (χ1v) is 12.9. The number of imidazole rings is 1. The number of aryl methyl sites for hydroxylation is 1. The molecule has 3 aromatic carbocycles. The highest BCUT2D eigenvalue weighted by atomic mass is 16.5. The summed E-state index contributed by atoms with van der Waals surface area (Å²) >= 11 is 0. The van der Waals surface area contributed by atoms with Crippen LogP contribution in [0.4, 0.5) is 5.69 Å². The molecule has 0 aliphatic carbocycles. The molecule has 0 saturated carbocycles. The number of anilines is 1. The van der Waals surface area contributed by atoms with Crippen LogP contribution in [0, 0.1) is 0 Å². The molecule has 0 bridgehead atoms. The highest BCUT2D eigenvalue weighted by molar-refractivity contribution is 5.96. The molecule has 1 unspecified atom stereocenters. The summed E-state index contributed by atoms with van der Waals surface area (Å²) in [6.45, 7) is 8.87. The zero-order valence-electron chi connectivity index (χ0n) is 21.5. The number of ether oxygens (including phenoxy) is 1. The minimum absolute atomic E-state index is 0.0858. The average molecular weight is 482 g/mol. The Bertz CT molecular complexity index is 1320. The quantitative estimate of drug-likeness (QED) is 0.263. The third-order valence-corrected chi connectivity index (χ3v) is 7.01. The van der Waals surface area contributed by atoms with Crippen LogP contribution in [0.15, 0.2) is 78.9 Å². The van der Waals surface area contributed by atoms with Crippen molar-refractivity contribution >= 4 is 22.6 Å². The van der Waals surface area contributed by atoms with E-state index in [1.807, 2.05) is 41.3 Å². The highest BCUT2D eigenvalue weighted by Crippen LogP contribution is 2.33. The van der Waals surface area contributed by atoms with Crippen molar-refractivity contribution in [2.45, 2.75) is 57.9 Å². The lowest BCUT2D eigenvalue weighted by Gasteiger charge is -2.19. The molecule has 1 aliphatic rings. The van der Waals surface area contributed by atoms with Crippen molar-refractivity contribution < 1.29 is 9.53 Å². The number of para-hydroxylation sites is 3. The molecule has 2 heterocycles. The van der Waals surface area contributed by atoms with Gasteiger partial charge in [-0.25, -0.2) is 4.98 Å². The Morgan fingerprint density at radius 2 is 1.64 bits per heavy atom. The molecule has 36 heavy (non-hydrogen) atoms. The fourth-order valence-electron chi connectivity index (χ4n) is 4.99. The minimum atomic E-state index is 0.0858. The Morgan fingerprint density at radius 3 is 2.39 bits per heavy atom. The maximum atomic E-state index is 12.9. The molecule has 1 aliphatic heterocycles. The predicted molar refractivity (Wildman–Crippen MR) is 146 cm³/mol. The average Bonchev–Trinajstić information content (AvgIpc) is 3.44. The van der Waals surface area contributed by atoms with Gasteiger partial charge in [0, 0.05) is 31.1 Å². The van der Waals surface area contributed by atoms with Crippen LogP contribution in [0.2, 0.25) is 0 Å². The van der Waals surface area contributed by atoms with Crippen LogP contribution >= 0.6 is 0 Å². The first-order chi connectivity index (χ1) is 17.4. The normalized spacial score (nSPS) is 16.1. The van der Waals surface area contributed by atoms with Crippen molar-refractivity contribution in [2.24, 2.45) is 0 Å². The molecular formula is C31H35N3O2. The molecule has 1 aromatic heterocycles. The summed E-state index contributed by atoms with van der Waals surface area (Å²) in [5.74, 6) is 2.18. The Kier molecular flexibility index (Phi) is 6.82. The molecule has 1 fully saturated rings. The van der Waals surface area contributed by atoms with Crippen LogP contribution in [0.1, 0.15) is 57.3 Å². The number of carbonyl (C=O) groups is 1. The van der Waals surface area contributed by atoms with Gasteiger partial charge in [-0.2, -0.15) is 0 Å². The summed E-state index contributed by atoms with van der Waals surface area (Å²) in [5, 5.41) is 0. The summed E-state index contributed by atoms with van der Waals surface area (Å²) in [6.07, 6.45) is 2.43. The third-order valence-electron chi connectivity index (χ3n) is 7.01. The van der Waals surface area contributed by atoms with E-state index in [2.05, 4.69) is 67.8 Å². The van der Waals surface area contributed by atoms with Crippen LogP contribution in [-0.2, 0) is 16.8 Å². The number of unbranched alkanes of at least 4 members (excludes halogenated alkanes) is 1. The number of hydrogen-bond donors (Lipinski definition) is 0. The van der Waals surface area contributed by atoms with Gasteiger partial charge in [0.15, 0.2) is 0 Å². The fraction of sp³-hybridized carbons (Fsp3) is 0.355. The van der Waals surface area contributed by atoms with Crippen molar-refractivity contribution in [3.8, 4) is 5.75 Å². The van der Waals surface area contributed by atoms with E-state index < -0.39 is 0 Å². The number of hydrogen-bond acceptors (Lipinski definition) is 3. The van der Waals surface area contributed by atoms with Gasteiger partial charge in [-0.15, -0.1) is 0 Å². The van der Waals surface area contributed by atoms with Crippen molar-refractivity contribution in [3.05, 3.63) is 90.3 Å². The van der Waals surface area contributed by atoms with Gasteiger partial charge in [-0.3, -0.25) is 4.79 Å². The van der Waals surface area contributed by atoms with E-state index in [0.717, 1.165) is 47.7 Å². The van der Waals surface area contributed by atoms with E-state index in [4.69, 9.17) is 9.72 Å². The first kappa shape index (κ1) is 24.1. The summed E-state index contributed by atoms with van der Waals surface area (Å²) in [6, 6.07) is 26.7. The van der Waals surface area contributed by atoms with Crippen LogP contribution in [-0.4, -0.2) is 28.6 Å². The topological polar surface area (TPSA) is 47.4 Å². The van der Waals surface area contributed by atoms with Gasteiger partial charge in [-0.1, -0.05) is 63.2 Å². The van der Waals surface area contributed by atoms with Gasteiger partial charge in [0.1, 0.15) is 11.6 Å². The lowest BCUT2D eigenvalue weighted by atomic mass is 9.87. The predicted octanol–water partition coefficient (Wildman–Crippen LogP) is 6.71. The SMILES string of the molecule is CC(C)(C)c1ccc(OCCCCn2c(C3CC(=O)N(c4ccccc4)C3)nc3ccccc32)cc1. The second kappa shape index (κ2) is 10.2. The number of carbonyl (C=O) groups excluding carboxylic acids is 1. The van der Waals surface area contributed by atoms with Crippen molar-refractivity contribution in [2.75, 3.05) is 18.1 Å². The van der Waals surface area contributed by atoms with E-state index in [0.29, 0.717) is 19.6 Å². The van der Waals surface area contributed by atoms with Crippen LogP contribution < -0.4 is 9.64 Å². The zero-order chi connectivity index (χ0) is 25.1. The van der Waals surface area contributed by atoms with Crippen molar-refractivity contribution in [1.29, 1.82) is 0 Å². The van der Waals surface area contributed by atoms with Gasteiger partial charge in [0.2, 0.25) is 5.91 Å². The van der Waals surface area contributed by atoms with E-state index in [1.54, 1.807) is 0 Å². The van der Waals surface area contributed by atoms with Gasteiger partial charge in [-0.05, 0) is 60.2 Å². The second-order valence-electron chi connectivity index (χ2n) is 10.7. The summed E-state index contributed by atoms with van der Waals surface area (Å²) in [5.41, 5.74) is 4.54. The molecule has 1 atom stereocenters. The molecule has 4 aromatic rings. The molecule has 5 rings (SSSR count). The molecule has 186 valence electrons. The number of benzene rings is 3. The Labute approximate surface area is 213 Å². The lowest BCUT2D eigenvalue weighted by molar-refractivity contribution is -0.117. The smallest absolute Gasteiger partial charge is 0.227 e. The zero-order valence-corrected chi connectivity index (χ0v) is 21.5. The standard InChI is InChI=1S/C31H35N3O2/c1-31(2,3)24-15-17-26(18-16-24)36-20-10-9-19-33-28-14-8-7-13-27(28)32-30(33)23-21-29(35)34(22-23)25-11-5-4-6-12-25/h4-8,11-18,23H,9-10,19-22H2,1-3H3. The highest BCUT2D eigenvalue weighted by Gasteiger charge is 2.34. The van der Waals surface area contributed by atoms with Gasteiger partial charge in [0.25, 0.3) is 0 Å². The third kappa shape index (κ3) is 5.15. The monoisotopic (exact) mass is 481 g/mol.